The largest absolute Gasteiger partial charge is 0.354 e. The standard InChI is InChI=1S/C20H25F2N3O/c1-20(2,3)16-7-4-15(5-8-16)13-24-19(25-26)23-11-10-14-6-9-17(21)18(22)12-14/h4-9,12,26H,10-11,13H2,1-3H3,(H2,23,24,25). The second-order valence-electron chi connectivity index (χ2n) is 7.15. The molecule has 0 aromatic heterocycles. The summed E-state index contributed by atoms with van der Waals surface area (Å²) in [6.45, 7) is 7.30. The van der Waals surface area contributed by atoms with Crippen molar-refractivity contribution in [3.8, 4) is 0 Å². The van der Waals surface area contributed by atoms with Crippen LogP contribution in [0.2, 0.25) is 0 Å². The molecule has 0 radical (unpaired) electrons. The Hall–Kier alpha value is -2.47. The van der Waals surface area contributed by atoms with Gasteiger partial charge in [0, 0.05) is 6.54 Å². The van der Waals surface area contributed by atoms with Crippen molar-refractivity contribution in [1.82, 2.24) is 10.8 Å². The Bertz CT molecular complexity index is 753. The minimum Gasteiger partial charge on any atom is -0.354 e. The van der Waals surface area contributed by atoms with Crippen molar-refractivity contribution in [3.63, 3.8) is 0 Å². The zero-order valence-corrected chi connectivity index (χ0v) is 15.3. The number of benzene rings is 2. The van der Waals surface area contributed by atoms with E-state index in [4.69, 9.17) is 0 Å². The minimum atomic E-state index is -0.865. The summed E-state index contributed by atoms with van der Waals surface area (Å²) < 4.78 is 26.1. The second kappa shape index (κ2) is 8.76. The van der Waals surface area contributed by atoms with E-state index in [9.17, 15) is 14.0 Å². The lowest BCUT2D eigenvalue weighted by atomic mass is 9.87. The smallest absolute Gasteiger partial charge is 0.215 e. The Morgan fingerprint density at radius 3 is 2.23 bits per heavy atom. The van der Waals surface area contributed by atoms with E-state index in [0.29, 0.717) is 25.1 Å². The van der Waals surface area contributed by atoms with Gasteiger partial charge in [0.25, 0.3) is 0 Å². The van der Waals surface area contributed by atoms with E-state index in [1.165, 1.54) is 11.6 Å². The lowest BCUT2D eigenvalue weighted by Crippen LogP contribution is -2.36. The molecule has 2 aromatic carbocycles. The molecule has 0 heterocycles. The molecular weight excluding hydrogens is 336 g/mol. The maximum atomic E-state index is 13.2. The number of halogens is 2. The van der Waals surface area contributed by atoms with E-state index >= 15 is 0 Å². The van der Waals surface area contributed by atoms with Crippen molar-refractivity contribution in [2.45, 2.75) is 39.2 Å². The van der Waals surface area contributed by atoms with Crippen LogP contribution in [0.3, 0.4) is 0 Å². The van der Waals surface area contributed by atoms with Gasteiger partial charge in [0.05, 0.1) is 6.54 Å². The highest BCUT2D eigenvalue weighted by Gasteiger charge is 2.12. The Labute approximate surface area is 152 Å². The third kappa shape index (κ3) is 5.81. The Kier molecular flexibility index (Phi) is 6.69. The Morgan fingerprint density at radius 1 is 1.00 bits per heavy atom. The van der Waals surface area contributed by atoms with Crippen LogP contribution in [0.5, 0.6) is 0 Å². The van der Waals surface area contributed by atoms with Gasteiger partial charge in [0.15, 0.2) is 11.6 Å². The van der Waals surface area contributed by atoms with Crippen molar-refractivity contribution < 1.29 is 14.0 Å². The molecule has 6 heteroatoms. The molecule has 0 amide bonds. The molecule has 0 spiro atoms. The SMILES string of the molecule is CC(C)(C)c1ccc(CN=C(NO)NCCc2ccc(F)c(F)c2)cc1. The number of hydrogen-bond donors (Lipinski definition) is 3. The van der Waals surface area contributed by atoms with Crippen molar-refractivity contribution in [3.05, 3.63) is 70.8 Å². The van der Waals surface area contributed by atoms with Crippen molar-refractivity contribution in [2.75, 3.05) is 6.54 Å². The average Bonchev–Trinajstić information content (AvgIpc) is 2.60. The molecule has 2 rings (SSSR count). The average molecular weight is 361 g/mol. The van der Waals surface area contributed by atoms with Crippen LogP contribution in [0.1, 0.15) is 37.5 Å². The molecule has 0 atom stereocenters. The molecule has 3 N–H and O–H groups in total. The number of hydrogen-bond acceptors (Lipinski definition) is 2. The summed E-state index contributed by atoms with van der Waals surface area (Å²) in [4.78, 5) is 4.28. The summed E-state index contributed by atoms with van der Waals surface area (Å²) in [5.41, 5.74) is 5.04. The van der Waals surface area contributed by atoms with Crippen LogP contribution in [0, 0.1) is 11.6 Å². The molecule has 2 aromatic rings. The fourth-order valence-corrected chi connectivity index (χ4v) is 2.43. The van der Waals surface area contributed by atoms with Crippen LogP contribution in [0.15, 0.2) is 47.5 Å². The van der Waals surface area contributed by atoms with Gasteiger partial charge in [-0.05, 0) is 40.7 Å². The predicted molar refractivity (Wildman–Crippen MR) is 99.3 cm³/mol. The minimum absolute atomic E-state index is 0.0982. The third-order valence-corrected chi connectivity index (χ3v) is 4.04. The highest BCUT2D eigenvalue weighted by atomic mass is 19.2. The molecule has 0 bridgehead atoms. The number of hydroxylamine groups is 1. The van der Waals surface area contributed by atoms with Crippen LogP contribution in [0.4, 0.5) is 8.78 Å². The maximum Gasteiger partial charge on any atom is 0.215 e. The first kappa shape index (κ1) is 19.8. The van der Waals surface area contributed by atoms with Crippen LogP contribution < -0.4 is 10.8 Å². The molecule has 0 aliphatic carbocycles. The van der Waals surface area contributed by atoms with Crippen LogP contribution >= 0.6 is 0 Å². The summed E-state index contributed by atoms with van der Waals surface area (Å²) in [6.07, 6.45) is 0.470. The van der Waals surface area contributed by atoms with Crippen LogP contribution in [-0.4, -0.2) is 17.7 Å². The molecule has 0 saturated carbocycles. The summed E-state index contributed by atoms with van der Waals surface area (Å²) in [5.74, 6) is -1.50. The van der Waals surface area contributed by atoms with E-state index in [0.717, 1.165) is 17.7 Å². The highest BCUT2D eigenvalue weighted by molar-refractivity contribution is 5.78. The van der Waals surface area contributed by atoms with Gasteiger partial charge in [-0.15, -0.1) is 0 Å². The van der Waals surface area contributed by atoms with Crippen LogP contribution in [-0.2, 0) is 18.4 Å². The summed E-state index contributed by atoms with van der Waals surface area (Å²) in [5, 5.41) is 12.1. The normalized spacial score (nSPS) is 12.2. The zero-order chi connectivity index (χ0) is 19.2. The third-order valence-electron chi connectivity index (χ3n) is 4.04. The maximum absolute atomic E-state index is 13.2. The summed E-state index contributed by atoms with van der Waals surface area (Å²) >= 11 is 0. The molecule has 0 unspecified atom stereocenters. The molecule has 4 nitrogen and oxygen atoms in total. The van der Waals surface area contributed by atoms with Gasteiger partial charge < -0.3 is 5.32 Å². The van der Waals surface area contributed by atoms with Crippen molar-refractivity contribution in [1.29, 1.82) is 0 Å². The molecule has 0 saturated heterocycles. The number of guanidine groups is 1. The van der Waals surface area contributed by atoms with Crippen LogP contribution in [0.25, 0.3) is 0 Å². The quantitative estimate of drug-likeness (QED) is 0.430. The number of aliphatic imine (C=N–C) groups is 1. The first-order valence-electron chi connectivity index (χ1n) is 8.51. The van der Waals surface area contributed by atoms with Gasteiger partial charge in [-0.1, -0.05) is 51.1 Å². The summed E-state index contributed by atoms with van der Waals surface area (Å²) in [7, 11) is 0. The zero-order valence-electron chi connectivity index (χ0n) is 15.3. The van der Waals surface area contributed by atoms with E-state index in [1.807, 2.05) is 17.6 Å². The highest BCUT2D eigenvalue weighted by Crippen LogP contribution is 2.22. The lowest BCUT2D eigenvalue weighted by Gasteiger charge is -2.19. The van der Waals surface area contributed by atoms with Gasteiger partial charge in [-0.2, -0.15) is 0 Å². The monoisotopic (exact) mass is 361 g/mol. The first-order chi connectivity index (χ1) is 12.3. The van der Waals surface area contributed by atoms with E-state index in [2.05, 4.69) is 43.2 Å². The first-order valence-corrected chi connectivity index (χ1v) is 8.51. The van der Waals surface area contributed by atoms with Gasteiger partial charge in [0.1, 0.15) is 0 Å². The summed E-state index contributed by atoms with van der Waals surface area (Å²) in [6, 6.07) is 12.0. The molecule has 0 aliphatic rings. The fraction of sp³-hybridized carbons (Fsp3) is 0.350. The number of nitrogens with one attached hydrogen (secondary N) is 2. The molecular formula is C20H25F2N3O. The van der Waals surface area contributed by atoms with Crippen molar-refractivity contribution in [2.24, 2.45) is 4.99 Å². The predicted octanol–water partition coefficient (Wildman–Crippen LogP) is 3.93. The Balaban J connectivity index is 1.88. The van der Waals surface area contributed by atoms with E-state index in [1.54, 1.807) is 0 Å². The van der Waals surface area contributed by atoms with Gasteiger partial charge in [-0.3, -0.25) is 5.21 Å². The van der Waals surface area contributed by atoms with Gasteiger partial charge in [0.2, 0.25) is 5.96 Å². The molecule has 0 fully saturated rings. The molecule has 26 heavy (non-hydrogen) atoms. The van der Waals surface area contributed by atoms with Gasteiger partial charge >= 0.3 is 0 Å². The fourth-order valence-electron chi connectivity index (χ4n) is 2.43. The second-order valence-corrected chi connectivity index (χ2v) is 7.15. The number of rotatable bonds is 5. The molecule has 140 valence electrons. The van der Waals surface area contributed by atoms with E-state index < -0.39 is 11.6 Å². The lowest BCUT2D eigenvalue weighted by molar-refractivity contribution is 0.229. The Morgan fingerprint density at radius 2 is 1.65 bits per heavy atom. The van der Waals surface area contributed by atoms with E-state index in [-0.39, 0.29) is 11.4 Å². The molecule has 0 aliphatic heterocycles. The van der Waals surface area contributed by atoms with Crippen molar-refractivity contribution >= 4 is 5.96 Å². The number of nitrogens with zero attached hydrogens (tertiary/aromatic N) is 1. The topological polar surface area (TPSA) is 56.7 Å². The van der Waals surface area contributed by atoms with Gasteiger partial charge in [-0.25, -0.2) is 19.3 Å².